The molecule has 0 unspecified atom stereocenters. The van der Waals surface area contributed by atoms with Crippen LogP contribution in [0.1, 0.15) is 28.4 Å². The molecule has 0 spiro atoms. The van der Waals surface area contributed by atoms with Crippen LogP contribution in [-0.4, -0.2) is 18.9 Å². The Labute approximate surface area is 121 Å². The molecular formula is C18H21NO. The van der Waals surface area contributed by atoms with Crippen molar-refractivity contribution in [1.82, 2.24) is 0 Å². The summed E-state index contributed by atoms with van der Waals surface area (Å²) in [5.74, 6) is 0.178. The van der Waals surface area contributed by atoms with Crippen molar-refractivity contribution in [3.8, 4) is 0 Å². The topological polar surface area (TPSA) is 20.3 Å². The number of rotatable bonds is 5. The molecule has 0 atom stereocenters. The van der Waals surface area contributed by atoms with Crippen LogP contribution in [0.3, 0.4) is 0 Å². The Bertz CT molecular complexity index is 590. The number of hydrogen-bond acceptors (Lipinski definition) is 2. The minimum atomic E-state index is 0.178. The van der Waals surface area contributed by atoms with Gasteiger partial charge in [0.05, 0.1) is 6.54 Å². The van der Waals surface area contributed by atoms with Crippen LogP contribution in [0, 0.1) is 13.8 Å². The van der Waals surface area contributed by atoms with Crippen LogP contribution in [0.2, 0.25) is 0 Å². The first-order valence-electron chi connectivity index (χ1n) is 7.02. The van der Waals surface area contributed by atoms with Crippen LogP contribution in [0.25, 0.3) is 0 Å². The summed E-state index contributed by atoms with van der Waals surface area (Å²) >= 11 is 0. The lowest BCUT2D eigenvalue weighted by Gasteiger charge is -2.22. The third kappa shape index (κ3) is 3.27. The quantitative estimate of drug-likeness (QED) is 0.763. The van der Waals surface area contributed by atoms with E-state index in [1.54, 1.807) is 0 Å². The Balaban J connectivity index is 2.20. The summed E-state index contributed by atoms with van der Waals surface area (Å²) in [6, 6.07) is 16.1. The maximum absolute atomic E-state index is 12.5. The lowest BCUT2D eigenvalue weighted by Crippen LogP contribution is -2.29. The molecule has 0 aliphatic heterocycles. The normalized spacial score (nSPS) is 10.3. The van der Waals surface area contributed by atoms with Crippen molar-refractivity contribution in [3.05, 3.63) is 65.2 Å². The van der Waals surface area contributed by atoms with Crippen LogP contribution in [-0.2, 0) is 0 Å². The summed E-state index contributed by atoms with van der Waals surface area (Å²) in [6.45, 7) is 7.32. The number of ketones is 1. The molecule has 2 rings (SSSR count). The van der Waals surface area contributed by atoms with Gasteiger partial charge in [-0.2, -0.15) is 0 Å². The van der Waals surface area contributed by atoms with Gasteiger partial charge in [-0.1, -0.05) is 35.9 Å². The van der Waals surface area contributed by atoms with Gasteiger partial charge in [0.25, 0.3) is 0 Å². The van der Waals surface area contributed by atoms with E-state index in [4.69, 9.17) is 0 Å². The SMILES string of the molecule is CCN(CC(=O)c1cc(C)ccc1C)c1ccccc1. The highest BCUT2D eigenvalue weighted by molar-refractivity contribution is 6.00. The van der Waals surface area contributed by atoms with Gasteiger partial charge in [0.15, 0.2) is 5.78 Å². The van der Waals surface area contributed by atoms with Crippen molar-refractivity contribution in [2.75, 3.05) is 18.0 Å². The number of anilines is 1. The van der Waals surface area contributed by atoms with Crippen LogP contribution in [0.15, 0.2) is 48.5 Å². The van der Waals surface area contributed by atoms with Gasteiger partial charge < -0.3 is 4.90 Å². The van der Waals surface area contributed by atoms with E-state index >= 15 is 0 Å². The van der Waals surface area contributed by atoms with Crippen molar-refractivity contribution < 1.29 is 4.79 Å². The van der Waals surface area contributed by atoms with E-state index < -0.39 is 0 Å². The summed E-state index contributed by atoms with van der Waals surface area (Å²) in [4.78, 5) is 14.6. The molecule has 0 aliphatic carbocycles. The monoisotopic (exact) mass is 267 g/mol. The number of nitrogens with zero attached hydrogens (tertiary/aromatic N) is 1. The molecule has 0 aromatic heterocycles. The first-order valence-corrected chi connectivity index (χ1v) is 7.02. The molecule has 0 fully saturated rings. The van der Waals surface area contributed by atoms with Gasteiger partial charge in [-0.25, -0.2) is 0 Å². The number of carbonyl (C=O) groups is 1. The average molecular weight is 267 g/mol. The summed E-state index contributed by atoms with van der Waals surface area (Å²) in [7, 11) is 0. The molecule has 2 heteroatoms. The zero-order chi connectivity index (χ0) is 14.5. The third-order valence-corrected chi connectivity index (χ3v) is 3.53. The van der Waals surface area contributed by atoms with Gasteiger partial charge in [0.2, 0.25) is 0 Å². The Hall–Kier alpha value is -2.09. The molecule has 0 heterocycles. The second-order valence-corrected chi connectivity index (χ2v) is 5.09. The standard InChI is InChI=1S/C18H21NO/c1-4-19(16-8-6-5-7-9-16)13-18(20)17-12-14(2)10-11-15(17)3/h5-12H,4,13H2,1-3H3. The van der Waals surface area contributed by atoms with E-state index in [1.807, 2.05) is 62.4 Å². The van der Waals surface area contributed by atoms with Crippen molar-refractivity contribution in [3.63, 3.8) is 0 Å². The van der Waals surface area contributed by atoms with Crippen LogP contribution in [0.5, 0.6) is 0 Å². The Kier molecular flexibility index (Phi) is 4.57. The van der Waals surface area contributed by atoms with Crippen LogP contribution < -0.4 is 4.90 Å². The molecule has 0 N–H and O–H groups in total. The third-order valence-electron chi connectivity index (χ3n) is 3.53. The number of likely N-dealkylation sites (N-methyl/N-ethyl adjacent to an activating group) is 1. The van der Waals surface area contributed by atoms with Gasteiger partial charge in [-0.3, -0.25) is 4.79 Å². The summed E-state index contributed by atoms with van der Waals surface area (Å²) < 4.78 is 0. The summed E-state index contributed by atoms with van der Waals surface area (Å²) in [5, 5.41) is 0. The maximum Gasteiger partial charge on any atom is 0.182 e. The average Bonchev–Trinajstić information content (AvgIpc) is 2.48. The Morgan fingerprint density at radius 3 is 2.40 bits per heavy atom. The summed E-state index contributed by atoms with van der Waals surface area (Å²) in [5.41, 5.74) is 4.10. The summed E-state index contributed by atoms with van der Waals surface area (Å²) in [6.07, 6.45) is 0. The van der Waals surface area contributed by atoms with E-state index in [0.717, 1.165) is 28.9 Å². The number of para-hydroxylation sites is 1. The lowest BCUT2D eigenvalue weighted by molar-refractivity contribution is 0.0998. The predicted octanol–water partition coefficient (Wildman–Crippen LogP) is 4.01. The minimum absolute atomic E-state index is 0.178. The second-order valence-electron chi connectivity index (χ2n) is 5.09. The van der Waals surface area contributed by atoms with Crippen molar-refractivity contribution in [2.45, 2.75) is 20.8 Å². The zero-order valence-corrected chi connectivity index (χ0v) is 12.4. The van der Waals surface area contributed by atoms with E-state index in [2.05, 4.69) is 11.8 Å². The van der Waals surface area contributed by atoms with Gasteiger partial charge in [0, 0.05) is 17.8 Å². The Morgan fingerprint density at radius 2 is 1.75 bits per heavy atom. The van der Waals surface area contributed by atoms with Crippen molar-refractivity contribution in [2.24, 2.45) is 0 Å². The molecule has 0 radical (unpaired) electrons. The molecule has 104 valence electrons. The molecule has 2 aromatic carbocycles. The van der Waals surface area contributed by atoms with Gasteiger partial charge in [-0.15, -0.1) is 0 Å². The van der Waals surface area contributed by atoms with Gasteiger partial charge in [0.1, 0.15) is 0 Å². The molecule has 0 aliphatic rings. The number of hydrogen-bond donors (Lipinski definition) is 0. The van der Waals surface area contributed by atoms with Gasteiger partial charge in [-0.05, 0) is 44.5 Å². The fourth-order valence-corrected chi connectivity index (χ4v) is 2.32. The van der Waals surface area contributed by atoms with Crippen LogP contribution in [0.4, 0.5) is 5.69 Å². The number of carbonyl (C=O) groups excluding carboxylic acids is 1. The molecule has 0 saturated heterocycles. The van der Waals surface area contributed by atoms with Gasteiger partial charge >= 0.3 is 0 Å². The van der Waals surface area contributed by atoms with Crippen molar-refractivity contribution in [1.29, 1.82) is 0 Å². The number of aryl methyl sites for hydroxylation is 2. The fourth-order valence-electron chi connectivity index (χ4n) is 2.32. The first-order chi connectivity index (χ1) is 9.61. The Morgan fingerprint density at radius 1 is 1.05 bits per heavy atom. The smallest absolute Gasteiger partial charge is 0.182 e. The molecule has 0 saturated carbocycles. The molecule has 20 heavy (non-hydrogen) atoms. The molecule has 0 amide bonds. The molecular weight excluding hydrogens is 246 g/mol. The highest BCUT2D eigenvalue weighted by Crippen LogP contribution is 2.16. The van der Waals surface area contributed by atoms with Crippen molar-refractivity contribution >= 4 is 11.5 Å². The largest absolute Gasteiger partial charge is 0.364 e. The van der Waals surface area contributed by atoms with Crippen LogP contribution >= 0.6 is 0 Å². The molecule has 2 nitrogen and oxygen atoms in total. The fraction of sp³-hybridized carbons (Fsp3) is 0.278. The maximum atomic E-state index is 12.5. The lowest BCUT2D eigenvalue weighted by atomic mass is 10.0. The highest BCUT2D eigenvalue weighted by Gasteiger charge is 2.13. The van der Waals surface area contributed by atoms with E-state index in [0.29, 0.717) is 6.54 Å². The first kappa shape index (κ1) is 14.3. The predicted molar refractivity (Wildman–Crippen MR) is 84.6 cm³/mol. The number of Topliss-reactive ketones (excluding diaryl/α,β-unsaturated/α-hetero) is 1. The number of benzene rings is 2. The zero-order valence-electron chi connectivity index (χ0n) is 12.4. The van der Waals surface area contributed by atoms with E-state index in [-0.39, 0.29) is 5.78 Å². The van der Waals surface area contributed by atoms with E-state index in [1.165, 1.54) is 0 Å². The highest BCUT2D eigenvalue weighted by atomic mass is 16.1. The minimum Gasteiger partial charge on any atom is -0.364 e. The second kappa shape index (κ2) is 6.38. The molecule has 2 aromatic rings. The van der Waals surface area contributed by atoms with E-state index in [9.17, 15) is 4.79 Å². The molecule has 0 bridgehead atoms.